The number of benzene rings is 1. The number of hydrogen-bond donors (Lipinski definition) is 1. The maximum atomic E-state index is 13.1. The first-order valence-corrected chi connectivity index (χ1v) is 6.57. The molecule has 6 nitrogen and oxygen atoms in total. The molecule has 0 aliphatic rings. The van der Waals surface area contributed by atoms with Crippen LogP contribution in [0.1, 0.15) is 5.56 Å². The first kappa shape index (κ1) is 13.9. The van der Waals surface area contributed by atoms with Crippen LogP contribution < -0.4 is 5.32 Å². The quantitative estimate of drug-likeness (QED) is 0.799. The number of rotatable bonds is 4. The molecule has 3 aromatic rings. The molecular formula is C15H12FN5O. The number of nitrogens with zero attached hydrogens (tertiary/aromatic N) is 4. The zero-order chi connectivity index (χ0) is 15.4. The molecule has 0 unspecified atom stereocenters. The van der Waals surface area contributed by atoms with Crippen LogP contribution in [0.2, 0.25) is 0 Å². The van der Waals surface area contributed by atoms with Crippen molar-refractivity contribution in [3.63, 3.8) is 0 Å². The summed E-state index contributed by atoms with van der Waals surface area (Å²) in [7, 11) is 0. The Morgan fingerprint density at radius 3 is 2.95 bits per heavy atom. The van der Waals surface area contributed by atoms with Crippen LogP contribution in [0.25, 0.3) is 5.82 Å². The number of hydrogen-bond acceptors (Lipinski definition) is 4. The van der Waals surface area contributed by atoms with Gasteiger partial charge < -0.3 is 5.32 Å². The molecule has 0 atom stereocenters. The number of nitrogens with one attached hydrogen (secondary N) is 1. The molecule has 2 heterocycles. The van der Waals surface area contributed by atoms with Gasteiger partial charge in [0.25, 0.3) is 0 Å². The van der Waals surface area contributed by atoms with Crippen molar-refractivity contribution in [3.8, 4) is 5.82 Å². The average Bonchev–Trinajstić information content (AvgIpc) is 3.02. The van der Waals surface area contributed by atoms with E-state index in [1.807, 2.05) is 0 Å². The minimum Gasteiger partial charge on any atom is -0.323 e. The first-order chi connectivity index (χ1) is 10.7. The lowest BCUT2D eigenvalue weighted by Gasteiger charge is -2.09. The van der Waals surface area contributed by atoms with Crippen LogP contribution in [0.5, 0.6) is 0 Å². The van der Waals surface area contributed by atoms with E-state index in [9.17, 15) is 9.18 Å². The van der Waals surface area contributed by atoms with Crippen molar-refractivity contribution < 1.29 is 9.18 Å². The van der Waals surface area contributed by atoms with Gasteiger partial charge in [0, 0.05) is 6.20 Å². The maximum Gasteiger partial charge on any atom is 0.228 e. The third-order valence-electron chi connectivity index (χ3n) is 2.95. The molecule has 7 heteroatoms. The van der Waals surface area contributed by atoms with Gasteiger partial charge in [-0.3, -0.25) is 4.79 Å². The summed E-state index contributed by atoms with van der Waals surface area (Å²) in [6.07, 6.45) is 4.54. The molecular weight excluding hydrogens is 285 g/mol. The molecule has 22 heavy (non-hydrogen) atoms. The second kappa shape index (κ2) is 6.13. The van der Waals surface area contributed by atoms with Gasteiger partial charge in [-0.15, -0.1) is 0 Å². The number of pyridine rings is 1. The van der Waals surface area contributed by atoms with Crippen molar-refractivity contribution in [2.45, 2.75) is 6.42 Å². The van der Waals surface area contributed by atoms with Gasteiger partial charge in [-0.2, -0.15) is 5.10 Å². The third-order valence-corrected chi connectivity index (χ3v) is 2.95. The molecule has 1 aromatic carbocycles. The van der Waals surface area contributed by atoms with Crippen molar-refractivity contribution in [1.82, 2.24) is 19.7 Å². The van der Waals surface area contributed by atoms with Crippen LogP contribution in [0.15, 0.2) is 55.2 Å². The van der Waals surface area contributed by atoms with E-state index in [1.54, 1.807) is 30.5 Å². The molecule has 0 saturated carbocycles. The molecule has 2 aromatic heterocycles. The highest BCUT2D eigenvalue weighted by Gasteiger charge is 2.10. The predicted octanol–water partition coefficient (Wildman–Crippen LogP) is 1.98. The van der Waals surface area contributed by atoms with E-state index in [0.29, 0.717) is 17.1 Å². The van der Waals surface area contributed by atoms with E-state index in [2.05, 4.69) is 20.4 Å². The summed E-state index contributed by atoms with van der Waals surface area (Å²) in [5, 5.41) is 6.75. The molecule has 110 valence electrons. The molecule has 0 aliphatic heterocycles. The summed E-state index contributed by atoms with van der Waals surface area (Å²) in [6, 6.07) is 9.37. The summed E-state index contributed by atoms with van der Waals surface area (Å²) in [5.74, 6) is -0.164. The van der Waals surface area contributed by atoms with Crippen molar-refractivity contribution in [3.05, 3.63) is 66.6 Å². The highest BCUT2D eigenvalue weighted by atomic mass is 19.1. The Bertz CT molecular complexity index is 788. The molecule has 0 spiro atoms. The van der Waals surface area contributed by atoms with Gasteiger partial charge >= 0.3 is 0 Å². The van der Waals surface area contributed by atoms with Crippen LogP contribution in [0.4, 0.5) is 10.1 Å². The van der Waals surface area contributed by atoms with Gasteiger partial charge in [-0.05, 0) is 29.8 Å². The van der Waals surface area contributed by atoms with Crippen LogP contribution in [0.3, 0.4) is 0 Å². The fourth-order valence-electron chi connectivity index (χ4n) is 2.02. The fraction of sp³-hybridized carbons (Fsp3) is 0.0667. The van der Waals surface area contributed by atoms with Gasteiger partial charge in [0.2, 0.25) is 5.91 Å². The zero-order valence-electron chi connectivity index (χ0n) is 11.5. The molecule has 1 N–H and O–H groups in total. The smallest absolute Gasteiger partial charge is 0.228 e. The monoisotopic (exact) mass is 297 g/mol. The Labute approximate surface area is 125 Å². The number of aromatic nitrogens is 4. The van der Waals surface area contributed by atoms with Gasteiger partial charge in [0.1, 0.15) is 18.5 Å². The Morgan fingerprint density at radius 1 is 1.27 bits per heavy atom. The molecule has 0 saturated heterocycles. The summed E-state index contributed by atoms with van der Waals surface area (Å²) in [4.78, 5) is 20.1. The molecule has 3 rings (SSSR count). The Hall–Kier alpha value is -3.09. The van der Waals surface area contributed by atoms with E-state index in [0.717, 1.165) is 0 Å². The highest BCUT2D eigenvalue weighted by molar-refractivity contribution is 5.93. The molecule has 0 aliphatic carbocycles. The topological polar surface area (TPSA) is 72.7 Å². The summed E-state index contributed by atoms with van der Waals surface area (Å²) in [5.41, 5.74) is 1.11. The van der Waals surface area contributed by atoms with Crippen molar-refractivity contribution in [1.29, 1.82) is 0 Å². The van der Waals surface area contributed by atoms with Gasteiger partial charge in [0.05, 0.1) is 12.1 Å². The third kappa shape index (κ3) is 3.14. The van der Waals surface area contributed by atoms with Gasteiger partial charge in [-0.1, -0.05) is 12.1 Å². The van der Waals surface area contributed by atoms with Crippen molar-refractivity contribution >= 4 is 11.6 Å². The summed E-state index contributed by atoms with van der Waals surface area (Å²) in [6.45, 7) is 0. The van der Waals surface area contributed by atoms with E-state index in [1.165, 1.54) is 29.5 Å². The maximum absolute atomic E-state index is 13.1. The Balaban J connectivity index is 1.77. The second-order valence-corrected chi connectivity index (χ2v) is 4.57. The van der Waals surface area contributed by atoms with E-state index in [4.69, 9.17) is 0 Å². The van der Waals surface area contributed by atoms with Crippen molar-refractivity contribution in [2.24, 2.45) is 0 Å². The fourth-order valence-corrected chi connectivity index (χ4v) is 2.02. The van der Waals surface area contributed by atoms with Crippen LogP contribution >= 0.6 is 0 Å². The number of carbonyl (C=O) groups is 1. The Morgan fingerprint density at radius 2 is 2.18 bits per heavy atom. The zero-order valence-corrected chi connectivity index (χ0v) is 11.5. The van der Waals surface area contributed by atoms with Gasteiger partial charge in [0.15, 0.2) is 5.82 Å². The van der Waals surface area contributed by atoms with E-state index in [-0.39, 0.29) is 18.1 Å². The minimum atomic E-state index is -0.366. The van der Waals surface area contributed by atoms with Crippen molar-refractivity contribution in [2.75, 3.05) is 5.32 Å². The lowest BCUT2D eigenvalue weighted by atomic mass is 10.1. The van der Waals surface area contributed by atoms with Crippen LogP contribution in [-0.4, -0.2) is 25.7 Å². The van der Waals surface area contributed by atoms with Crippen LogP contribution in [-0.2, 0) is 11.2 Å². The Kier molecular flexibility index (Phi) is 3.86. The number of anilines is 1. The predicted molar refractivity (Wildman–Crippen MR) is 77.9 cm³/mol. The van der Waals surface area contributed by atoms with Gasteiger partial charge in [-0.25, -0.2) is 19.0 Å². The molecule has 1 amide bonds. The molecule has 0 bridgehead atoms. The molecule has 0 fully saturated rings. The summed E-state index contributed by atoms with van der Waals surface area (Å²) < 4.78 is 14.6. The first-order valence-electron chi connectivity index (χ1n) is 6.57. The number of halogens is 1. The normalized spacial score (nSPS) is 10.4. The van der Waals surface area contributed by atoms with Crippen LogP contribution in [0, 0.1) is 5.82 Å². The van der Waals surface area contributed by atoms with E-state index >= 15 is 0 Å². The second-order valence-electron chi connectivity index (χ2n) is 4.57. The number of carbonyl (C=O) groups excluding carboxylic acids is 1. The lowest BCUT2D eigenvalue weighted by molar-refractivity contribution is -0.115. The minimum absolute atomic E-state index is 0.0729. The largest absolute Gasteiger partial charge is 0.323 e. The average molecular weight is 297 g/mol. The lowest BCUT2D eigenvalue weighted by Crippen LogP contribution is -2.16. The SMILES string of the molecule is O=C(Cc1cccc(F)c1)Nc1cccnc1-n1cncn1. The molecule has 0 radical (unpaired) electrons. The number of amides is 1. The highest BCUT2D eigenvalue weighted by Crippen LogP contribution is 2.16. The van der Waals surface area contributed by atoms with E-state index < -0.39 is 0 Å². The standard InChI is InChI=1S/C15H12FN5O/c16-12-4-1-3-11(7-12)8-14(22)20-13-5-2-6-18-15(13)21-10-17-9-19-21/h1-7,9-10H,8H2,(H,20,22). The summed E-state index contributed by atoms with van der Waals surface area (Å²) >= 11 is 0.